The highest BCUT2D eigenvalue weighted by atomic mass is 19.4. The molecule has 18 heavy (non-hydrogen) atoms. The zero-order valence-electron chi connectivity index (χ0n) is 10.2. The van der Waals surface area contributed by atoms with E-state index in [9.17, 15) is 18.0 Å². The number of hydrogen-bond donors (Lipinski definition) is 1. The van der Waals surface area contributed by atoms with E-state index in [0.29, 0.717) is 19.1 Å². The Morgan fingerprint density at radius 3 is 2.61 bits per heavy atom. The van der Waals surface area contributed by atoms with Crippen LogP contribution in [0.4, 0.5) is 13.2 Å². The fourth-order valence-corrected chi connectivity index (χ4v) is 2.10. The molecule has 4 nitrogen and oxygen atoms in total. The third kappa shape index (κ3) is 3.58. The molecule has 104 valence electrons. The van der Waals surface area contributed by atoms with Gasteiger partial charge in [0.1, 0.15) is 0 Å². The maximum Gasteiger partial charge on any atom is 0.492 e. The average molecular weight is 266 g/mol. The van der Waals surface area contributed by atoms with Gasteiger partial charge in [0.05, 0.1) is 0 Å². The van der Waals surface area contributed by atoms with Crippen LogP contribution in [0, 0.1) is 11.8 Å². The monoisotopic (exact) mass is 266 g/mol. The maximum absolute atomic E-state index is 12.0. The summed E-state index contributed by atoms with van der Waals surface area (Å²) in [4.78, 5) is 15.0. The molecule has 0 bridgehead atoms. The summed E-state index contributed by atoms with van der Waals surface area (Å²) in [7, 11) is 0. The van der Waals surface area contributed by atoms with Crippen LogP contribution >= 0.6 is 0 Å². The van der Waals surface area contributed by atoms with Gasteiger partial charge in [0.15, 0.2) is 0 Å². The zero-order chi connectivity index (χ0) is 13.3. The number of alkyl halides is 3. The van der Waals surface area contributed by atoms with E-state index in [1.54, 1.807) is 0 Å². The number of carbonyl (C=O) groups is 1. The molecular formula is C11H17F3N2O2. The molecular weight excluding hydrogens is 249 g/mol. The van der Waals surface area contributed by atoms with Gasteiger partial charge in [-0.1, -0.05) is 6.92 Å². The van der Waals surface area contributed by atoms with Gasteiger partial charge in [-0.25, -0.2) is 4.79 Å². The minimum Gasteiger partial charge on any atom is -0.361 e. The van der Waals surface area contributed by atoms with Crippen LogP contribution in [-0.2, 0) is 9.63 Å². The molecule has 2 rings (SSSR count). The molecule has 1 heterocycles. The van der Waals surface area contributed by atoms with Crippen LogP contribution in [-0.4, -0.2) is 42.9 Å². The first kappa shape index (κ1) is 13.6. The van der Waals surface area contributed by atoms with Gasteiger partial charge in [-0.15, -0.1) is 5.06 Å². The summed E-state index contributed by atoms with van der Waals surface area (Å²) in [6.45, 7) is 3.45. The number of hydroxylamine groups is 2. The van der Waals surface area contributed by atoms with E-state index in [0.717, 1.165) is 11.6 Å². The number of carbonyl (C=O) groups excluding carboxylic acids is 1. The minimum absolute atomic E-state index is 0.220. The number of halogens is 3. The molecule has 2 aliphatic rings. The fourth-order valence-electron chi connectivity index (χ4n) is 2.10. The van der Waals surface area contributed by atoms with E-state index in [1.807, 2.05) is 6.92 Å². The topological polar surface area (TPSA) is 41.6 Å². The summed E-state index contributed by atoms with van der Waals surface area (Å²) < 4.78 is 36.1. The highest BCUT2D eigenvalue weighted by Gasteiger charge is 2.44. The summed E-state index contributed by atoms with van der Waals surface area (Å²) in [6.07, 6.45) is -2.57. The second-order valence-corrected chi connectivity index (χ2v) is 5.14. The molecule has 2 atom stereocenters. The predicted molar refractivity (Wildman–Crippen MR) is 57.4 cm³/mol. The molecule has 1 aliphatic heterocycles. The summed E-state index contributed by atoms with van der Waals surface area (Å²) in [5.41, 5.74) is 0. The Hall–Kier alpha value is -0.820. The molecule has 1 saturated heterocycles. The Labute approximate surface area is 103 Å². The Bertz CT molecular complexity index is 318. The van der Waals surface area contributed by atoms with Gasteiger partial charge in [0.2, 0.25) is 0 Å². The molecule has 0 aromatic carbocycles. The van der Waals surface area contributed by atoms with Crippen molar-refractivity contribution in [3.05, 3.63) is 0 Å². The summed E-state index contributed by atoms with van der Waals surface area (Å²) >= 11 is 0. The number of nitrogens with one attached hydrogen (secondary N) is 1. The lowest BCUT2D eigenvalue weighted by atomic mass is 9.98. The summed E-state index contributed by atoms with van der Waals surface area (Å²) in [5.74, 6) is -1.69. The zero-order valence-corrected chi connectivity index (χ0v) is 10.2. The van der Waals surface area contributed by atoms with Crippen molar-refractivity contribution in [1.82, 2.24) is 10.4 Å². The molecule has 0 radical (unpaired) electrons. The van der Waals surface area contributed by atoms with E-state index < -0.39 is 12.1 Å². The van der Waals surface area contributed by atoms with Crippen molar-refractivity contribution in [2.24, 2.45) is 11.8 Å². The average Bonchev–Trinajstić information content (AvgIpc) is 3.00. The van der Waals surface area contributed by atoms with Gasteiger partial charge in [0, 0.05) is 19.1 Å². The highest BCUT2D eigenvalue weighted by molar-refractivity contribution is 5.75. The molecule has 0 amide bonds. The first-order chi connectivity index (χ1) is 8.36. The molecule has 0 aromatic rings. The maximum atomic E-state index is 12.0. The predicted octanol–water partition coefficient (Wildman–Crippen LogP) is 1.33. The lowest BCUT2D eigenvalue weighted by Crippen LogP contribution is -2.34. The van der Waals surface area contributed by atoms with Crippen molar-refractivity contribution < 1.29 is 22.8 Å². The van der Waals surface area contributed by atoms with Gasteiger partial charge >= 0.3 is 12.1 Å². The normalized spacial score (nSPS) is 29.6. The second kappa shape index (κ2) is 5.05. The van der Waals surface area contributed by atoms with E-state index >= 15 is 0 Å². The van der Waals surface area contributed by atoms with Crippen LogP contribution in [0.5, 0.6) is 0 Å². The molecule has 1 aliphatic carbocycles. The van der Waals surface area contributed by atoms with Gasteiger partial charge in [0.25, 0.3) is 0 Å². The lowest BCUT2D eigenvalue weighted by molar-refractivity contribution is -0.235. The first-order valence-electron chi connectivity index (χ1n) is 6.13. The molecule has 1 saturated carbocycles. The van der Waals surface area contributed by atoms with Crippen LogP contribution in [0.25, 0.3) is 0 Å². The lowest BCUT2D eigenvalue weighted by Gasteiger charge is -2.16. The molecule has 1 N–H and O–H groups in total. The van der Waals surface area contributed by atoms with E-state index in [1.165, 1.54) is 12.8 Å². The Kier molecular flexibility index (Phi) is 3.82. The van der Waals surface area contributed by atoms with Crippen LogP contribution in [0.15, 0.2) is 0 Å². The minimum atomic E-state index is -4.92. The van der Waals surface area contributed by atoms with Crippen LogP contribution in [0.2, 0.25) is 0 Å². The Morgan fingerprint density at radius 1 is 1.39 bits per heavy atom. The van der Waals surface area contributed by atoms with Gasteiger partial charge in [-0.3, -0.25) is 0 Å². The molecule has 0 aromatic heterocycles. The Balaban J connectivity index is 1.76. The van der Waals surface area contributed by atoms with Crippen LogP contribution < -0.4 is 5.32 Å². The van der Waals surface area contributed by atoms with E-state index in [-0.39, 0.29) is 11.8 Å². The van der Waals surface area contributed by atoms with Gasteiger partial charge in [-0.05, 0) is 31.2 Å². The molecule has 0 spiro atoms. The standard InChI is InChI=1S/C11H17F3N2O2/c1-7-5-16(18-10(17)11(12,13)14)6-8(7)4-15-9-2-3-9/h7-9,15H,2-6H2,1H3. The Morgan fingerprint density at radius 2 is 2.06 bits per heavy atom. The summed E-state index contributed by atoms with van der Waals surface area (Å²) in [6, 6.07) is 0.573. The van der Waals surface area contributed by atoms with E-state index in [2.05, 4.69) is 10.2 Å². The fraction of sp³-hybridized carbons (Fsp3) is 0.909. The molecule has 2 unspecified atom stereocenters. The van der Waals surface area contributed by atoms with E-state index in [4.69, 9.17) is 0 Å². The third-order valence-electron chi connectivity index (χ3n) is 3.42. The number of hydrogen-bond acceptors (Lipinski definition) is 4. The molecule has 2 fully saturated rings. The largest absolute Gasteiger partial charge is 0.492 e. The second-order valence-electron chi connectivity index (χ2n) is 5.14. The smallest absolute Gasteiger partial charge is 0.361 e. The van der Waals surface area contributed by atoms with Crippen molar-refractivity contribution in [1.29, 1.82) is 0 Å². The third-order valence-corrected chi connectivity index (χ3v) is 3.42. The number of nitrogens with zero attached hydrogens (tertiary/aromatic N) is 1. The van der Waals surface area contributed by atoms with Gasteiger partial charge < -0.3 is 10.2 Å². The van der Waals surface area contributed by atoms with Crippen molar-refractivity contribution >= 4 is 5.97 Å². The highest BCUT2D eigenvalue weighted by Crippen LogP contribution is 2.26. The summed E-state index contributed by atoms with van der Waals surface area (Å²) in [5, 5.41) is 4.47. The van der Waals surface area contributed by atoms with Crippen molar-refractivity contribution in [3.8, 4) is 0 Å². The number of rotatable bonds is 4. The van der Waals surface area contributed by atoms with Gasteiger partial charge in [-0.2, -0.15) is 13.2 Å². The molecule has 7 heteroatoms. The van der Waals surface area contributed by atoms with Crippen LogP contribution in [0.1, 0.15) is 19.8 Å². The van der Waals surface area contributed by atoms with Crippen molar-refractivity contribution in [2.45, 2.75) is 32.0 Å². The van der Waals surface area contributed by atoms with Crippen LogP contribution in [0.3, 0.4) is 0 Å². The first-order valence-corrected chi connectivity index (χ1v) is 6.13. The quantitative estimate of drug-likeness (QED) is 0.833. The van der Waals surface area contributed by atoms with Crippen molar-refractivity contribution in [2.75, 3.05) is 19.6 Å². The SMILES string of the molecule is CC1CN(OC(=O)C(F)(F)F)CC1CNC1CC1. The van der Waals surface area contributed by atoms with Crippen molar-refractivity contribution in [3.63, 3.8) is 0 Å².